The molecule has 0 unspecified atom stereocenters. The van der Waals surface area contributed by atoms with E-state index in [4.69, 9.17) is 14.2 Å². The van der Waals surface area contributed by atoms with Crippen molar-refractivity contribution in [1.29, 1.82) is 0 Å². The van der Waals surface area contributed by atoms with E-state index in [0.717, 1.165) is 11.5 Å². The van der Waals surface area contributed by atoms with E-state index in [1.807, 2.05) is 0 Å². The van der Waals surface area contributed by atoms with Gasteiger partial charge in [0, 0.05) is 24.5 Å². The zero-order chi connectivity index (χ0) is 40.7. The van der Waals surface area contributed by atoms with Crippen molar-refractivity contribution in [3.63, 3.8) is 0 Å². The Morgan fingerprint density at radius 2 is 1.78 bits per heavy atom. The van der Waals surface area contributed by atoms with Gasteiger partial charge in [-0.3, -0.25) is 23.9 Å². The Morgan fingerprint density at radius 3 is 2.38 bits per heavy atom. The van der Waals surface area contributed by atoms with Crippen molar-refractivity contribution in [2.24, 2.45) is 0 Å². The fourth-order valence-electron chi connectivity index (χ4n) is 6.03. The van der Waals surface area contributed by atoms with E-state index < -0.39 is 74.3 Å². The van der Waals surface area contributed by atoms with Crippen molar-refractivity contribution in [2.45, 2.75) is 88.0 Å². The van der Waals surface area contributed by atoms with Gasteiger partial charge in [0.2, 0.25) is 33.6 Å². The molecule has 298 valence electrons. The van der Waals surface area contributed by atoms with Crippen molar-refractivity contribution in [2.75, 3.05) is 26.7 Å². The van der Waals surface area contributed by atoms with Crippen molar-refractivity contribution < 1.29 is 46.6 Å². The number of likely N-dealkylation sites (tertiary alicyclic amines) is 1. The molecule has 1 aromatic carbocycles. The number of methoxy groups -OCH3 is 1. The summed E-state index contributed by atoms with van der Waals surface area (Å²) in [5.74, 6) is -2.27. The van der Waals surface area contributed by atoms with Crippen molar-refractivity contribution in [3.05, 3.63) is 68.4 Å². The van der Waals surface area contributed by atoms with E-state index in [-0.39, 0.29) is 38.4 Å². The third kappa shape index (κ3) is 10.8. The summed E-state index contributed by atoms with van der Waals surface area (Å²) in [5, 5.41) is 5.90. The fraction of sp³-hybridized carbons (Fsp3) is 0.474. The second-order valence-electron chi connectivity index (χ2n) is 14.6. The molecule has 0 spiro atoms. The Hall–Kier alpha value is -5.45. The lowest BCUT2D eigenvalue weighted by Crippen LogP contribution is -2.62. The van der Waals surface area contributed by atoms with Gasteiger partial charge in [-0.25, -0.2) is 18.2 Å². The molecule has 0 bridgehead atoms. The second-order valence-corrected chi connectivity index (χ2v) is 16.6. The number of hydrogen-bond acceptors (Lipinski definition) is 11. The monoisotopic (exact) mass is 782 g/mol. The van der Waals surface area contributed by atoms with E-state index in [1.165, 1.54) is 28.9 Å². The SMILES string of the molecule is C=CCN(C[C@H](NC(=O)OC(C)(C)C)C(=O)N1C[C@H](Oc2nccc3cc(OC)ccc23)C[C@H]1C(=O)N[C@@](C)(CC=C)C(=O)NS(=O)(=O)C1CC1)C(=O)C=C. The molecule has 2 heterocycles. The highest BCUT2D eigenvalue weighted by molar-refractivity contribution is 7.91. The average molecular weight is 783 g/mol. The molecule has 1 aliphatic carbocycles. The largest absolute Gasteiger partial charge is 0.497 e. The minimum absolute atomic E-state index is 0.00337. The number of rotatable bonds is 17. The molecule has 1 aliphatic heterocycles. The summed E-state index contributed by atoms with van der Waals surface area (Å²) in [6.07, 6.45) is 4.17. The van der Waals surface area contributed by atoms with Gasteiger partial charge in [0.15, 0.2) is 0 Å². The van der Waals surface area contributed by atoms with Crippen LogP contribution in [0.15, 0.2) is 68.4 Å². The minimum atomic E-state index is -3.98. The van der Waals surface area contributed by atoms with Crippen LogP contribution in [0.1, 0.15) is 53.4 Å². The van der Waals surface area contributed by atoms with Gasteiger partial charge in [0.25, 0.3) is 5.91 Å². The van der Waals surface area contributed by atoms with Gasteiger partial charge in [-0.15, -0.1) is 13.2 Å². The quantitative estimate of drug-likeness (QED) is 0.157. The first-order valence-corrected chi connectivity index (χ1v) is 19.3. The number of nitrogens with one attached hydrogen (secondary N) is 3. The molecular formula is C38H50N6O10S. The average Bonchev–Trinajstić information content (AvgIpc) is 3.90. The van der Waals surface area contributed by atoms with Crippen molar-refractivity contribution in [1.82, 2.24) is 30.1 Å². The molecule has 3 N–H and O–H groups in total. The fourth-order valence-corrected chi connectivity index (χ4v) is 7.43. The molecule has 5 amide bonds. The van der Waals surface area contributed by atoms with Gasteiger partial charge in [0.05, 0.1) is 25.4 Å². The van der Waals surface area contributed by atoms with Crippen LogP contribution in [0.5, 0.6) is 11.6 Å². The molecule has 16 nitrogen and oxygen atoms in total. The molecule has 1 saturated carbocycles. The van der Waals surface area contributed by atoms with Crippen molar-refractivity contribution in [3.8, 4) is 11.6 Å². The van der Waals surface area contributed by atoms with E-state index >= 15 is 0 Å². The van der Waals surface area contributed by atoms with Crippen LogP contribution in [-0.2, 0) is 33.9 Å². The maximum absolute atomic E-state index is 14.6. The Balaban J connectivity index is 1.72. The van der Waals surface area contributed by atoms with E-state index in [0.29, 0.717) is 24.0 Å². The number of carbonyl (C=O) groups is 5. The van der Waals surface area contributed by atoms with Crippen LogP contribution in [0.3, 0.4) is 0 Å². The molecule has 1 saturated heterocycles. The van der Waals surface area contributed by atoms with Crippen LogP contribution >= 0.6 is 0 Å². The summed E-state index contributed by atoms with van der Waals surface area (Å²) in [7, 11) is -2.44. The minimum Gasteiger partial charge on any atom is -0.497 e. The zero-order valence-electron chi connectivity index (χ0n) is 31.8. The molecule has 55 heavy (non-hydrogen) atoms. The summed E-state index contributed by atoms with van der Waals surface area (Å²) >= 11 is 0. The maximum atomic E-state index is 14.6. The first kappa shape index (κ1) is 42.3. The second kappa shape index (κ2) is 17.3. The van der Waals surface area contributed by atoms with E-state index in [1.54, 1.807) is 58.3 Å². The lowest BCUT2D eigenvalue weighted by Gasteiger charge is -2.34. The number of alkyl carbamates (subject to hydrolysis) is 1. The number of hydrogen-bond donors (Lipinski definition) is 3. The number of carbonyl (C=O) groups excluding carboxylic acids is 5. The third-order valence-electron chi connectivity index (χ3n) is 8.94. The number of pyridine rings is 1. The lowest BCUT2D eigenvalue weighted by molar-refractivity contribution is -0.142. The normalized spacial score (nSPS) is 18.5. The topological polar surface area (TPSA) is 203 Å². The zero-order valence-corrected chi connectivity index (χ0v) is 32.6. The Labute approximate surface area is 321 Å². The third-order valence-corrected chi connectivity index (χ3v) is 10.8. The van der Waals surface area contributed by atoms with Gasteiger partial charge < -0.3 is 34.6 Å². The summed E-state index contributed by atoms with van der Waals surface area (Å²) in [6, 6.07) is 4.31. The first-order valence-electron chi connectivity index (χ1n) is 17.7. The molecule has 2 aromatic rings. The highest BCUT2D eigenvalue weighted by Gasteiger charge is 2.47. The van der Waals surface area contributed by atoms with Gasteiger partial charge in [-0.2, -0.15) is 0 Å². The predicted molar refractivity (Wildman–Crippen MR) is 204 cm³/mol. The summed E-state index contributed by atoms with van der Waals surface area (Å²) < 4.78 is 44.6. The Bertz CT molecular complexity index is 1940. The standard InChI is InChI=1S/C38H50N6O10S/c1-9-17-38(7,35(48)42-55(50,51)27-13-14-27)41-32(46)30-21-26(53-33-28-15-12-25(52-8)20-24(28)16-18-39-33)22-44(30)34(47)29(40-36(49)54-37(4,5)6)23-43(19-10-2)31(45)11-3/h9-12,15-16,18,20,26-27,29-30H,1-3,13-14,17,19,21-23H2,4-8H3,(H,40,49)(H,41,46)(H,42,48)/t26-,29+,30+,38+/m1/s1. The maximum Gasteiger partial charge on any atom is 0.408 e. The molecule has 1 aromatic heterocycles. The highest BCUT2D eigenvalue weighted by atomic mass is 32.2. The number of sulfonamides is 1. The smallest absolute Gasteiger partial charge is 0.408 e. The Kier molecular flexibility index (Phi) is 13.3. The number of aromatic nitrogens is 1. The number of fused-ring (bicyclic) bond motifs is 1. The van der Waals surface area contributed by atoms with Gasteiger partial charge in [-0.05, 0) is 82.7 Å². The van der Waals surface area contributed by atoms with Crippen molar-refractivity contribution >= 4 is 50.5 Å². The lowest BCUT2D eigenvalue weighted by atomic mass is 9.96. The summed E-state index contributed by atoms with van der Waals surface area (Å²) in [6.45, 7) is 16.6. The van der Waals surface area contributed by atoms with Gasteiger partial charge >= 0.3 is 6.09 Å². The van der Waals surface area contributed by atoms with Crippen LogP contribution in [0.2, 0.25) is 0 Å². The molecular weight excluding hydrogens is 733 g/mol. The summed E-state index contributed by atoms with van der Waals surface area (Å²) in [4.78, 5) is 75.1. The van der Waals surface area contributed by atoms with Crippen LogP contribution in [0, 0.1) is 0 Å². The Morgan fingerprint density at radius 1 is 1.07 bits per heavy atom. The predicted octanol–water partition coefficient (Wildman–Crippen LogP) is 2.75. The van der Waals surface area contributed by atoms with Gasteiger partial charge in [0.1, 0.15) is 35.1 Å². The number of nitrogens with zero attached hydrogens (tertiary/aromatic N) is 3. The number of amides is 5. The number of ether oxygens (including phenoxy) is 3. The highest BCUT2D eigenvalue weighted by Crippen LogP contribution is 2.31. The molecule has 0 radical (unpaired) electrons. The van der Waals surface area contributed by atoms with Crippen LogP contribution in [-0.4, -0.2) is 114 Å². The molecule has 4 rings (SSSR count). The van der Waals surface area contributed by atoms with Crippen LogP contribution < -0.4 is 24.8 Å². The van der Waals surface area contributed by atoms with E-state index in [2.05, 4.69) is 40.1 Å². The van der Waals surface area contributed by atoms with Crippen LogP contribution in [0.25, 0.3) is 10.8 Å². The number of benzene rings is 1. The molecule has 2 aliphatic rings. The summed E-state index contributed by atoms with van der Waals surface area (Å²) in [5.41, 5.74) is -2.74. The van der Waals surface area contributed by atoms with Gasteiger partial charge in [-0.1, -0.05) is 18.7 Å². The van der Waals surface area contributed by atoms with E-state index in [9.17, 15) is 32.4 Å². The molecule has 2 fully saturated rings. The first-order chi connectivity index (χ1) is 25.8. The molecule has 4 atom stereocenters. The van der Waals surface area contributed by atoms with Crippen LogP contribution in [0.4, 0.5) is 4.79 Å². The molecule has 17 heteroatoms.